The second-order valence-electron chi connectivity index (χ2n) is 5.61. The van der Waals surface area contributed by atoms with Crippen molar-refractivity contribution in [1.29, 1.82) is 0 Å². The van der Waals surface area contributed by atoms with Gasteiger partial charge in [0.15, 0.2) is 0 Å². The van der Waals surface area contributed by atoms with E-state index in [-0.39, 0.29) is 0 Å². The van der Waals surface area contributed by atoms with Gasteiger partial charge in [-0.2, -0.15) is 0 Å². The van der Waals surface area contributed by atoms with Gasteiger partial charge in [-0.25, -0.2) is 0 Å². The van der Waals surface area contributed by atoms with Crippen molar-refractivity contribution in [3.05, 3.63) is 0 Å². The molecule has 0 aromatic rings. The molecule has 90 valence electrons. The van der Waals surface area contributed by atoms with Gasteiger partial charge in [0.05, 0.1) is 0 Å². The topological polar surface area (TPSA) is 3.24 Å². The molecule has 0 amide bonds. The third-order valence-electron chi connectivity index (χ3n) is 4.12. The molecule has 1 aliphatic rings. The Labute approximate surface area is 96.2 Å². The maximum atomic E-state index is 2.70. The first-order chi connectivity index (χ1) is 7.15. The molecule has 15 heavy (non-hydrogen) atoms. The summed E-state index contributed by atoms with van der Waals surface area (Å²) in [4.78, 5) is 2.70. The van der Waals surface area contributed by atoms with Crippen molar-refractivity contribution in [1.82, 2.24) is 4.90 Å². The molecule has 0 aromatic heterocycles. The first kappa shape index (κ1) is 13.0. The predicted octanol–water partition coefficient (Wildman–Crippen LogP) is 3.93. The predicted molar refractivity (Wildman–Crippen MR) is 68.1 cm³/mol. The molecule has 1 heteroatoms. The molecule has 0 spiro atoms. The van der Waals surface area contributed by atoms with Gasteiger partial charge >= 0.3 is 0 Å². The summed E-state index contributed by atoms with van der Waals surface area (Å²) in [5, 5.41) is 0. The molecule has 1 rings (SSSR count). The van der Waals surface area contributed by atoms with Crippen LogP contribution in [0.2, 0.25) is 0 Å². The summed E-state index contributed by atoms with van der Waals surface area (Å²) in [6.45, 7) is 12.1. The van der Waals surface area contributed by atoms with Crippen LogP contribution in [0.4, 0.5) is 0 Å². The molecular weight excluding hydrogens is 182 g/mol. The number of piperidine rings is 1. The van der Waals surface area contributed by atoms with E-state index in [1.165, 1.54) is 45.2 Å². The highest BCUT2D eigenvalue weighted by Crippen LogP contribution is 2.26. The van der Waals surface area contributed by atoms with Gasteiger partial charge in [-0.3, -0.25) is 0 Å². The summed E-state index contributed by atoms with van der Waals surface area (Å²) in [7, 11) is 0. The number of unbranched alkanes of at least 4 members (excludes halogenated alkanes) is 1. The van der Waals surface area contributed by atoms with E-state index in [9.17, 15) is 0 Å². The zero-order valence-electron chi connectivity index (χ0n) is 11.1. The molecular formula is C14H29N. The highest BCUT2D eigenvalue weighted by atomic mass is 15.2. The molecule has 1 aliphatic heterocycles. The Hall–Kier alpha value is -0.0400. The van der Waals surface area contributed by atoms with Crippen LogP contribution in [0.3, 0.4) is 0 Å². The van der Waals surface area contributed by atoms with E-state index < -0.39 is 0 Å². The van der Waals surface area contributed by atoms with Crippen LogP contribution in [-0.2, 0) is 0 Å². The van der Waals surface area contributed by atoms with Crippen LogP contribution in [0.1, 0.15) is 59.8 Å². The van der Waals surface area contributed by atoms with E-state index in [2.05, 4.69) is 32.6 Å². The molecule has 0 saturated carbocycles. The van der Waals surface area contributed by atoms with Gasteiger partial charge in [0.1, 0.15) is 0 Å². The van der Waals surface area contributed by atoms with Crippen LogP contribution >= 0.6 is 0 Å². The highest BCUT2D eigenvalue weighted by Gasteiger charge is 2.23. The van der Waals surface area contributed by atoms with Gasteiger partial charge < -0.3 is 4.90 Å². The fraction of sp³-hybridized carbons (Fsp3) is 1.00. The van der Waals surface area contributed by atoms with E-state index in [4.69, 9.17) is 0 Å². The minimum Gasteiger partial charge on any atom is -0.301 e. The summed E-state index contributed by atoms with van der Waals surface area (Å²) >= 11 is 0. The number of hydrogen-bond donors (Lipinski definition) is 0. The second-order valence-corrected chi connectivity index (χ2v) is 5.61. The Morgan fingerprint density at radius 1 is 1.13 bits per heavy atom. The molecule has 0 radical (unpaired) electrons. The van der Waals surface area contributed by atoms with Crippen molar-refractivity contribution < 1.29 is 0 Å². The minimum absolute atomic E-state index is 0.818. The Kier molecular flexibility index (Phi) is 5.66. The minimum atomic E-state index is 0.818. The molecule has 1 saturated heterocycles. The second kappa shape index (κ2) is 6.52. The number of nitrogens with zero attached hydrogens (tertiary/aromatic N) is 1. The standard InChI is InChI=1S/C14H29N/c1-5-6-7-13(4)15-10-8-14(9-11-15)12(2)3/h12-14H,5-11H2,1-4H3. The smallest absolute Gasteiger partial charge is 0.00669 e. The number of likely N-dealkylation sites (tertiary alicyclic amines) is 1. The lowest BCUT2D eigenvalue weighted by atomic mass is 9.86. The summed E-state index contributed by atoms with van der Waals surface area (Å²) in [6.07, 6.45) is 6.98. The van der Waals surface area contributed by atoms with Gasteiger partial charge in [-0.05, 0) is 51.1 Å². The molecule has 1 fully saturated rings. The van der Waals surface area contributed by atoms with Crippen LogP contribution in [0.5, 0.6) is 0 Å². The number of hydrogen-bond acceptors (Lipinski definition) is 1. The molecule has 0 N–H and O–H groups in total. The zero-order chi connectivity index (χ0) is 11.3. The highest BCUT2D eigenvalue weighted by molar-refractivity contribution is 4.77. The molecule has 0 aromatic carbocycles. The van der Waals surface area contributed by atoms with Gasteiger partial charge in [0.25, 0.3) is 0 Å². The lowest BCUT2D eigenvalue weighted by molar-refractivity contribution is 0.116. The Morgan fingerprint density at radius 3 is 2.20 bits per heavy atom. The molecule has 1 heterocycles. The van der Waals surface area contributed by atoms with Gasteiger partial charge in [0.2, 0.25) is 0 Å². The van der Waals surface area contributed by atoms with Crippen molar-refractivity contribution in [3.63, 3.8) is 0 Å². The fourth-order valence-corrected chi connectivity index (χ4v) is 2.71. The van der Waals surface area contributed by atoms with E-state index in [0.717, 1.165) is 17.9 Å². The average molecular weight is 211 g/mol. The lowest BCUT2D eigenvalue weighted by Crippen LogP contribution is -2.40. The van der Waals surface area contributed by atoms with E-state index in [1.807, 2.05) is 0 Å². The quantitative estimate of drug-likeness (QED) is 0.666. The summed E-state index contributed by atoms with van der Waals surface area (Å²) < 4.78 is 0. The number of rotatable bonds is 5. The Bertz CT molecular complexity index is 157. The summed E-state index contributed by atoms with van der Waals surface area (Å²) in [5.41, 5.74) is 0. The first-order valence-electron chi connectivity index (χ1n) is 6.89. The van der Waals surface area contributed by atoms with Gasteiger partial charge in [-0.1, -0.05) is 33.6 Å². The normalized spacial score (nSPS) is 22.2. The summed E-state index contributed by atoms with van der Waals surface area (Å²) in [6, 6.07) is 0.818. The molecule has 1 atom stereocenters. The van der Waals surface area contributed by atoms with Crippen LogP contribution < -0.4 is 0 Å². The first-order valence-corrected chi connectivity index (χ1v) is 6.89. The third-order valence-corrected chi connectivity index (χ3v) is 4.12. The largest absolute Gasteiger partial charge is 0.301 e. The van der Waals surface area contributed by atoms with E-state index in [1.54, 1.807) is 0 Å². The Morgan fingerprint density at radius 2 is 1.73 bits per heavy atom. The summed E-state index contributed by atoms with van der Waals surface area (Å²) in [5.74, 6) is 1.87. The lowest BCUT2D eigenvalue weighted by Gasteiger charge is -2.37. The molecule has 0 aliphatic carbocycles. The van der Waals surface area contributed by atoms with Crippen LogP contribution in [0.15, 0.2) is 0 Å². The Balaban J connectivity index is 2.24. The van der Waals surface area contributed by atoms with E-state index >= 15 is 0 Å². The SMILES string of the molecule is CCCCC(C)N1CCC(C(C)C)CC1. The average Bonchev–Trinajstić information content (AvgIpc) is 2.26. The van der Waals surface area contributed by atoms with Crippen LogP contribution in [0.25, 0.3) is 0 Å². The zero-order valence-corrected chi connectivity index (χ0v) is 11.1. The van der Waals surface area contributed by atoms with Crippen molar-refractivity contribution in [3.8, 4) is 0 Å². The van der Waals surface area contributed by atoms with Gasteiger partial charge in [-0.15, -0.1) is 0 Å². The molecule has 0 bridgehead atoms. The van der Waals surface area contributed by atoms with Gasteiger partial charge in [0, 0.05) is 6.04 Å². The fourth-order valence-electron chi connectivity index (χ4n) is 2.71. The molecule has 1 nitrogen and oxygen atoms in total. The van der Waals surface area contributed by atoms with Crippen LogP contribution in [-0.4, -0.2) is 24.0 Å². The maximum Gasteiger partial charge on any atom is 0.00669 e. The third kappa shape index (κ3) is 4.14. The molecule has 1 unspecified atom stereocenters. The van der Waals surface area contributed by atoms with Crippen molar-refractivity contribution in [2.24, 2.45) is 11.8 Å². The maximum absolute atomic E-state index is 2.70. The van der Waals surface area contributed by atoms with Crippen molar-refractivity contribution >= 4 is 0 Å². The van der Waals surface area contributed by atoms with Crippen molar-refractivity contribution in [2.75, 3.05) is 13.1 Å². The van der Waals surface area contributed by atoms with Crippen molar-refractivity contribution in [2.45, 2.75) is 65.8 Å². The van der Waals surface area contributed by atoms with E-state index in [0.29, 0.717) is 0 Å². The monoisotopic (exact) mass is 211 g/mol. The van der Waals surface area contributed by atoms with Crippen LogP contribution in [0, 0.1) is 11.8 Å².